The molecule has 0 saturated heterocycles. The van der Waals surface area contributed by atoms with Gasteiger partial charge in [-0.1, -0.05) is 12.1 Å². The van der Waals surface area contributed by atoms with E-state index in [2.05, 4.69) is 10.4 Å². The second kappa shape index (κ2) is 6.14. The van der Waals surface area contributed by atoms with E-state index >= 15 is 0 Å². The highest BCUT2D eigenvalue weighted by Crippen LogP contribution is 2.07. The number of nitrogens with zero attached hydrogens (tertiary/aromatic N) is 1. The first-order valence-electron chi connectivity index (χ1n) is 4.99. The van der Waals surface area contributed by atoms with Crippen molar-refractivity contribution in [3.8, 4) is 0 Å². The van der Waals surface area contributed by atoms with E-state index in [-0.39, 0.29) is 5.91 Å². The summed E-state index contributed by atoms with van der Waals surface area (Å²) in [5.74, 6) is -2.25. The molecular weight excluding hydrogens is 236 g/mol. The van der Waals surface area contributed by atoms with Gasteiger partial charge >= 0.3 is 11.8 Å². The van der Waals surface area contributed by atoms with Crippen molar-refractivity contribution in [3.05, 3.63) is 29.8 Å². The molecule has 0 atom stereocenters. The lowest BCUT2D eigenvalue weighted by atomic mass is 10.2. The van der Waals surface area contributed by atoms with E-state index in [0.29, 0.717) is 11.3 Å². The van der Waals surface area contributed by atoms with Crippen LogP contribution in [0.1, 0.15) is 12.5 Å². The van der Waals surface area contributed by atoms with E-state index in [9.17, 15) is 14.4 Å². The number of nitrogens with two attached hydrogens (primary N) is 1. The Morgan fingerprint density at radius 2 is 1.83 bits per heavy atom. The summed E-state index contributed by atoms with van der Waals surface area (Å²) in [6.45, 7) is 1.41. The molecule has 0 heterocycles. The first-order valence-corrected chi connectivity index (χ1v) is 4.99. The third-order valence-corrected chi connectivity index (χ3v) is 1.83. The van der Waals surface area contributed by atoms with E-state index in [1.54, 1.807) is 24.3 Å². The van der Waals surface area contributed by atoms with E-state index in [4.69, 9.17) is 5.73 Å². The number of nitrogens with one attached hydrogen (secondary N) is 2. The Morgan fingerprint density at radius 1 is 1.22 bits per heavy atom. The summed E-state index contributed by atoms with van der Waals surface area (Å²) >= 11 is 0. The van der Waals surface area contributed by atoms with Crippen LogP contribution in [0.25, 0.3) is 0 Å². The molecule has 0 bridgehead atoms. The van der Waals surface area contributed by atoms with Crippen LogP contribution in [-0.4, -0.2) is 23.9 Å². The highest BCUT2D eigenvalue weighted by Gasteiger charge is 2.05. The van der Waals surface area contributed by atoms with Gasteiger partial charge in [0, 0.05) is 12.6 Å². The molecule has 0 aliphatic carbocycles. The van der Waals surface area contributed by atoms with Gasteiger partial charge in [-0.25, -0.2) is 5.43 Å². The number of benzene rings is 1. The van der Waals surface area contributed by atoms with Crippen LogP contribution in [-0.2, 0) is 14.4 Å². The molecular formula is C11H12N4O3. The number of hydrogen-bond acceptors (Lipinski definition) is 4. The van der Waals surface area contributed by atoms with Crippen LogP contribution in [0, 0.1) is 0 Å². The highest BCUT2D eigenvalue weighted by molar-refractivity contribution is 6.34. The molecule has 0 fully saturated rings. The Kier molecular flexibility index (Phi) is 4.56. The average molecular weight is 248 g/mol. The van der Waals surface area contributed by atoms with Crippen molar-refractivity contribution >= 4 is 29.6 Å². The molecule has 7 heteroatoms. The van der Waals surface area contributed by atoms with Crippen molar-refractivity contribution in [1.82, 2.24) is 5.43 Å². The van der Waals surface area contributed by atoms with Crippen molar-refractivity contribution in [2.75, 3.05) is 5.32 Å². The maximum atomic E-state index is 10.8. The fourth-order valence-corrected chi connectivity index (χ4v) is 1.08. The molecule has 1 rings (SSSR count). The van der Waals surface area contributed by atoms with E-state index in [1.165, 1.54) is 13.1 Å². The lowest BCUT2D eigenvalue weighted by Gasteiger charge is -2.01. The molecule has 0 radical (unpaired) electrons. The van der Waals surface area contributed by atoms with Crippen LogP contribution in [0.5, 0.6) is 0 Å². The Labute approximate surface area is 103 Å². The number of amides is 3. The second-order valence-corrected chi connectivity index (χ2v) is 3.37. The minimum absolute atomic E-state index is 0.162. The number of carbonyl (C=O) groups is 3. The molecule has 0 spiro atoms. The lowest BCUT2D eigenvalue weighted by molar-refractivity contribution is -0.137. The Hall–Kier alpha value is -2.70. The topological polar surface area (TPSA) is 114 Å². The van der Waals surface area contributed by atoms with Crippen LogP contribution < -0.4 is 16.5 Å². The summed E-state index contributed by atoms with van der Waals surface area (Å²) in [6, 6.07) is 6.73. The number of anilines is 1. The largest absolute Gasteiger partial charge is 0.361 e. The monoisotopic (exact) mass is 248 g/mol. The molecule has 0 aliphatic heterocycles. The summed E-state index contributed by atoms with van der Waals surface area (Å²) < 4.78 is 0. The maximum Gasteiger partial charge on any atom is 0.329 e. The van der Waals surface area contributed by atoms with Gasteiger partial charge in [0.2, 0.25) is 5.91 Å². The molecule has 0 aliphatic rings. The number of primary amides is 1. The zero-order valence-electron chi connectivity index (χ0n) is 9.64. The summed E-state index contributed by atoms with van der Waals surface area (Å²) in [6.07, 6.45) is 1.35. The maximum absolute atomic E-state index is 10.8. The van der Waals surface area contributed by atoms with Gasteiger partial charge in [0.1, 0.15) is 0 Å². The predicted octanol–water partition coefficient (Wildman–Crippen LogP) is -0.420. The molecule has 94 valence electrons. The van der Waals surface area contributed by atoms with Crippen molar-refractivity contribution < 1.29 is 14.4 Å². The number of hydrogen-bond donors (Lipinski definition) is 3. The summed E-state index contributed by atoms with van der Waals surface area (Å²) in [4.78, 5) is 31.9. The van der Waals surface area contributed by atoms with Gasteiger partial charge in [-0.3, -0.25) is 14.4 Å². The smallest absolute Gasteiger partial charge is 0.329 e. The minimum atomic E-state index is -1.10. The van der Waals surface area contributed by atoms with Gasteiger partial charge in [-0.15, -0.1) is 0 Å². The first-order chi connectivity index (χ1) is 8.49. The van der Waals surface area contributed by atoms with Crippen molar-refractivity contribution in [2.24, 2.45) is 10.8 Å². The minimum Gasteiger partial charge on any atom is -0.361 e. The number of rotatable bonds is 3. The standard InChI is InChI=1S/C11H12N4O3/c1-7(16)14-9-4-2-8(3-5-9)6-13-15-11(18)10(12)17/h2-6H,1H3,(H2,12,17)(H,14,16)(H,15,18)/b13-6+. The molecule has 1 aromatic carbocycles. The van der Waals surface area contributed by atoms with Crippen molar-refractivity contribution in [2.45, 2.75) is 6.92 Å². The summed E-state index contributed by atoms with van der Waals surface area (Å²) in [5, 5.41) is 6.15. The second-order valence-electron chi connectivity index (χ2n) is 3.37. The summed E-state index contributed by atoms with van der Waals surface area (Å²) in [5.41, 5.74) is 8.02. The zero-order valence-corrected chi connectivity index (χ0v) is 9.64. The van der Waals surface area contributed by atoms with Crippen molar-refractivity contribution in [1.29, 1.82) is 0 Å². The van der Waals surface area contributed by atoms with Gasteiger partial charge in [-0.05, 0) is 17.7 Å². The molecule has 1 aromatic rings. The average Bonchev–Trinajstić information content (AvgIpc) is 2.30. The van der Waals surface area contributed by atoms with Crippen molar-refractivity contribution in [3.63, 3.8) is 0 Å². The summed E-state index contributed by atoms with van der Waals surface area (Å²) in [7, 11) is 0. The lowest BCUT2D eigenvalue weighted by Crippen LogP contribution is -2.32. The molecule has 3 amide bonds. The molecule has 4 N–H and O–H groups in total. The van der Waals surface area contributed by atoms with Crippen LogP contribution in [0.2, 0.25) is 0 Å². The predicted molar refractivity (Wildman–Crippen MR) is 65.7 cm³/mol. The third-order valence-electron chi connectivity index (χ3n) is 1.83. The number of carbonyl (C=O) groups excluding carboxylic acids is 3. The Morgan fingerprint density at radius 3 is 2.33 bits per heavy atom. The van der Waals surface area contributed by atoms with E-state index in [0.717, 1.165) is 0 Å². The van der Waals surface area contributed by atoms with Crippen LogP contribution in [0.15, 0.2) is 29.4 Å². The molecule has 0 saturated carbocycles. The Balaban J connectivity index is 2.58. The van der Waals surface area contributed by atoms with Gasteiger partial charge in [0.25, 0.3) is 0 Å². The SMILES string of the molecule is CC(=O)Nc1ccc(/C=N/NC(=O)C(N)=O)cc1. The number of hydrazone groups is 1. The van der Waals surface area contributed by atoms with Gasteiger partial charge in [0.15, 0.2) is 0 Å². The first kappa shape index (κ1) is 13.4. The molecule has 18 heavy (non-hydrogen) atoms. The Bertz CT molecular complexity index is 494. The van der Waals surface area contributed by atoms with Gasteiger partial charge in [0.05, 0.1) is 6.21 Å². The van der Waals surface area contributed by atoms with Gasteiger partial charge < -0.3 is 11.1 Å². The zero-order chi connectivity index (χ0) is 13.5. The van der Waals surface area contributed by atoms with Crippen LogP contribution in [0.4, 0.5) is 5.69 Å². The molecule has 0 aromatic heterocycles. The van der Waals surface area contributed by atoms with Crippen LogP contribution in [0.3, 0.4) is 0 Å². The fourth-order valence-electron chi connectivity index (χ4n) is 1.08. The molecule has 7 nitrogen and oxygen atoms in total. The fraction of sp³-hybridized carbons (Fsp3) is 0.0909. The normalized spacial score (nSPS) is 10.1. The van der Waals surface area contributed by atoms with E-state index in [1.807, 2.05) is 5.43 Å². The molecule has 0 unspecified atom stereocenters. The van der Waals surface area contributed by atoms with Gasteiger partial charge in [-0.2, -0.15) is 5.10 Å². The third kappa shape index (κ3) is 4.44. The van der Waals surface area contributed by atoms with E-state index < -0.39 is 11.8 Å². The van der Waals surface area contributed by atoms with Crippen LogP contribution >= 0.6 is 0 Å². The highest BCUT2D eigenvalue weighted by atomic mass is 16.2. The quantitative estimate of drug-likeness (QED) is 0.383.